The minimum absolute atomic E-state index is 0.0551. The van der Waals surface area contributed by atoms with E-state index in [0.717, 1.165) is 47.2 Å². The first-order chi connectivity index (χ1) is 60.8. The minimum atomic E-state index is -6.11. The number of aryl methyl sites for hydroxylation is 2. The molecule has 5 heterocycles. The average molecular weight is 1950 g/mol. The second-order valence-corrected chi connectivity index (χ2v) is 41.2. The molecular weight excluding hydrogens is 1830 g/mol. The fourth-order valence-electron chi connectivity index (χ4n) is 13.2. The standard InChI is InChI=1S/C37H64N8O21P2.C33H60N6O21P2/c1-7-22-15-45(44-43-22)14-9-8-11-23(35(55)56)42-26(50)12-10-13-38-33(53)18(2)39-34(54)19(3)62-32-28(41-21(5)49)37(66-68(59,60)67(57,58)61-6)64-25(17-47)31(32)65-36-27(40-20(4)48)30(52)29(51)24(16-46)63-36;1-15(29(47)35-12-8-10-22(44)39-19(31(49)50)9-6-7-11-34)36-30(48)16(2)56-28-24(38-18(4)43)33(60-62(53,54)61(51,52)55-5)58-21(14-41)27(28)59-32-23(37-17(3)42)26(46)25(45)20(13-40)57-32/h15,18-19,23-25,27-32,36-37,46-47,51-52H,7-14,16-17H2,1-6H3,(H,38,53)(H,39,54)(H,40,48)(H,41,49)(H,42,50)(H,55,56)(H,57,58)(H,59,60);15-16,19-21,23-28,32-33,40-41,45-46H,6-14,34H2,1-5H3,(H,35,47)(H,36,48)(H,37,42)(H,38,43)(H,39,44)(H,49,50)(H,51,52)(H,53,54)/p-3/t18-,19+,23-,24+,25+,27+,28+,29+,30+,31?,32+,36-,37+;15-,16+,19-,20+,21+,23+,24+,25+,26+,27?,28+,32-,33+/m00/s1. The van der Waals surface area contributed by atoms with Gasteiger partial charge in [0.25, 0.3) is 0 Å². The molecule has 0 saturated carbocycles. The number of amides is 10. The Kier molecular flexibility index (Phi) is 48.0. The number of aromatic nitrogens is 3. The number of aliphatic hydroxyl groups excluding tert-OH is 8. The predicted octanol–water partition coefficient (Wildman–Crippen LogP) is -13.0. The molecule has 1 aromatic heterocycles. The molecule has 23 N–H and O–H groups in total. The highest BCUT2D eigenvalue weighted by Gasteiger charge is 2.59. The van der Waals surface area contributed by atoms with E-state index in [4.69, 9.17) is 46.9 Å². The van der Waals surface area contributed by atoms with Crippen molar-refractivity contribution in [2.75, 3.05) is 60.3 Å². The second-order valence-electron chi connectivity index (χ2n) is 30.3. The third-order valence-corrected chi connectivity index (χ3v) is 28.5. The first-order valence-electron chi connectivity index (χ1n) is 40.9. The zero-order valence-electron chi connectivity index (χ0n) is 72.9. The number of quaternary nitrogens is 1. The molecule has 60 heteroatoms. The lowest BCUT2D eigenvalue weighted by Gasteiger charge is -2.50. The fourth-order valence-corrected chi connectivity index (χ4v) is 17.2. The molecular formula is C70H121N14O42P4-3. The molecule has 746 valence electrons. The third kappa shape index (κ3) is 34.6. The molecule has 1 aromatic rings. The van der Waals surface area contributed by atoms with E-state index in [9.17, 15) is 146 Å². The number of unbranched alkanes of at least 4 members (excludes halogenated alkanes) is 2. The zero-order chi connectivity index (χ0) is 98.2. The van der Waals surface area contributed by atoms with E-state index >= 15 is 0 Å². The lowest BCUT2D eigenvalue weighted by molar-refractivity contribution is -0.368. The van der Waals surface area contributed by atoms with Crippen LogP contribution in [0.15, 0.2) is 6.20 Å². The number of ether oxygens (including phenoxy) is 8. The topological polar surface area (TPSA) is 857 Å². The molecule has 5 rings (SSSR count). The van der Waals surface area contributed by atoms with Crippen molar-refractivity contribution in [3.05, 3.63) is 11.9 Å². The maximum Gasteiger partial charge on any atom is 0.440 e. The third-order valence-electron chi connectivity index (χ3n) is 20.1. The highest BCUT2D eigenvalue weighted by molar-refractivity contribution is 8.27. The van der Waals surface area contributed by atoms with Gasteiger partial charge in [0.05, 0.1) is 62.7 Å². The van der Waals surface area contributed by atoms with Crippen molar-refractivity contribution in [3.8, 4) is 0 Å². The number of aliphatic carboxylic acids is 2. The Hall–Kier alpha value is -7.30. The van der Waals surface area contributed by atoms with Gasteiger partial charge >= 0.3 is 14.6 Å². The highest BCUT2D eigenvalue weighted by atomic mass is 32.1. The summed E-state index contributed by atoms with van der Waals surface area (Å²) in [5.74, 6) is -11.0. The van der Waals surface area contributed by atoms with Gasteiger partial charge in [-0.05, 0) is 85.5 Å². The number of hydrogen-bond donors (Lipinski definition) is 21. The Morgan fingerprint density at radius 1 is 0.492 bits per heavy atom. The Bertz CT molecular complexity index is 4100. The summed E-state index contributed by atoms with van der Waals surface area (Å²) in [5, 5.41) is 138. The Balaban J connectivity index is 0.000000547. The smallest absolute Gasteiger partial charge is 0.440 e. The molecule has 0 bridgehead atoms. The van der Waals surface area contributed by atoms with E-state index in [1.54, 1.807) is 10.9 Å². The zero-order valence-corrected chi connectivity index (χ0v) is 76.5. The molecule has 130 heavy (non-hydrogen) atoms. The second kappa shape index (κ2) is 54.3. The predicted molar refractivity (Wildman–Crippen MR) is 425 cm³/mol. The van der Waals surface area contributed by atoms with Crippen LogP contribution in [0, 0.1) is 0 Å². The van der Waals surface area contributed by atoms with Crippen molar-refractivity contribution in [1.29, 1.82) is 0 Å². The van der Waals surface area contributed by atoms with Crippen LogP contribution < -0.4 is 78.9 Å². The van der Waals surface area contributed by atoms with E-state index in [0.29, 0.717) is 59.4 Å². The molecule has 0 spiro atoms. The van der Waals surface area contributed by atoms with E-state index in [-0.39, 0.29) is 51.6 Å². The summed E-state index contributed by atoms with van der Waals surface area (Å²) in [6.07, 6.45) is -28.3. The Morgan fingerprint density at radius 3 is 1.22 bits per heavy atom. The molecule has 4 aliphatic heterocycles. The number of carboxylic acids is 2. The minimum Gasteiger partial charge on any atom is -0.772 e. The van der Waals surface area contributed by atoms with Crippen LogP contribution in [0.25, 0.3) is 0 Å². The molecule has 0 aromatic carbocycles. The van der Waals surface area contributed by atoms with Crippen LogP contribution in [-0.4, -0.2) is 356 Å². The van der Waals surface area contributed by atoms with Crippen LogP contribution in [0.4, 0.5) is 0 Å². The highest BCUT2D eigenvalue weighted by Crippen LogP contribution is 2.78. The summed E-state index contributed by atoms with van der Waals surface area (Å²) in [6, 6.07) is -12.1. The van der Waals surface area contributed by atoms with E-state index in [2.05, 4.69) is 78.3 Å². The molecule has 0 aliphatic carbocycles. The van der Waals surface area contributed by atoms with E-state index in [1.807, 2.05) is 6.92 Å². The number of carboxylic acid groups (broad SMARTS) is 2. The normalized spacial score (nSPS) is 28.9. The first kappa shape index (κ1) is 115. The quantitative estimate of drug-likeness (QED) is 0.0213. The maximum atomic E-state index is 13.6. The van der Waals surface area contributed by atoms with Crippen LogP contribution >= 0.6 is 29.1 Å². The number of hydrogen-bond acceptors (Lipinski definition) is 42. The van der Waals surface area contributed by atoms with Crippen LogP contribution in [0.3, 0.4) is 0 Å². The van der Waals surface area contributed by atoms with Crippen molar-refractivity contribution in [2.45, 2.75) is 298 Å². The van der Waals surface area contributed by atoms with Gasteiger partial charge in [-0.1, -0.05) is 12.1 Å². The van der Waals surface area contributed by atoms with Crippen LogP contribution in [0.1, 0.15) is 132 Å². The van der Waals surface area contributed by atoms with Gasteiger partial charge in [-0.2, -0.15) is 0 Å². The van der Waals surface area contributed by atoms with Crippen LogP contribution in [0.2, 0.25) is 0 Å². The van der Waals surface area contributed by atoms with Crippen molar-refractivity contribution >= 4 is 100 Å². The Labute approximate surface area is 744 Å². The number of rotatable bonds is 52. The lowest BCUT2D eigenvalue weighted by atomic mass is 9.94. The lowest BCUT2D eigenvalue weighted by Crippen LogP contribution is -2.70. The largest absolute Gasteiger partial charge is 0.772 e. The summed E-state index contributed by atoms with van der Waals surface area (Å²) in [6.45, 7) is 7.74. The van der Waals surface area contributed by atoms with Crippen molar-refractivity contribution in [1.82, 2.24) is 68.2 Å². The molecule has 6 unspecified atom stereocenters. The van der Waals surface area contributed by atoms with Crippen molar-refractivity contribution < 1.29 is 208 Å². The van der Waals surface area contributed by atoms with Gasteiger partial charge in [0, 0.05) is 80.6 Å². The van der Waals surface area contributed by atoms with E-state index < -0.39 is 286 Å². The fraction of sp³-hybridized carbons (Fsp3) is 0.800. The summed E-state index contributed by atoms with van der Waals surface area (Å²) < 4.78 is 117. The summed E-state index contributed by atoms with van der Waals surface area (Å²) in [4.78, 5) is 196. The van der Waals surface area contributed by atoms with Crippen LogP contribution in [-0.2, 0) is 145 Å². The van der Waals surface area contributed by atoms with Crippen LogP contribution in [0.5, 0.6) is 0 Å². The van der Waals surface area contributed by atoms with Gasteiger partial charge in [-0.25, -0.2) is 9.13 Å². The summed E-state index contributed by atoms with van der Waals surface area (Å²) in [5.41, 5.74) is 4.49. The molecule has 30 atom stereocenters. The molecule has 4 fully saturated rings. The number of aliphatic hydroxyl groups is 8. The van der Waals surface area contributed by atoms with Gasteiger partial charge in [-0.3, -0.25) is 70.8 Å². The number of carbonyl (C=O) groups is 12. The van der Waals surface area contributed by atoms with Gasteiger partial charge in [0.2, 0.25) is 73.6 Å². The SMILES string of the molecule is CCc1cn(CCCC[C@H](NC(=O)CCCNC(=O)[C@H](C)NC(=O)[C@@H](C)O[C@H]2C(O[C@@H]3O[C@H](CO)[C@@H](O)[C@H](O)[C@H]3NC(C)=O)[C@@H](CO)O[C@H](OP(=O)([O-])P(=O)([O-])OC)[C@@H]2NC(C)=O)C(=O)[O-])nn1.COP(=O)(O)P(=O)(O)O[C@H]1O[C@H](CO)C(O[C@@H]2O[C@H](CO)[C@@H](O)[C@H](O)[C@H]2NC(C)=O)[C@H](O[C@H](C)C(=O)N[C@@H](C)C(=O)NCCCC(=O)N[C@@H](CCCC[NH3+])C(=O)[O-])[C@H]1NC(C)=O. The Morgan fingerprint density at radius 2 is 0.869 bits per heavy atom. The molecule has 10 amide bonds. The van der Waals surface area contributed by atoms with Crippen molar-refractivity contribution in [3.63, 3.8) is 0 Å². The molecule has 56 nitrogen and oxygen atoms in total. The van der Waals surface area contributed by atoms with Gasteiger partial charge in [0.1, 0.15) is 122 Å². The molecule has 4 saturated heterocycles. The van der Waals surface area contributed by atoms with Gasteiger partial charge in [0.15, 0.2) is 25.2 Å². The molecule has 4 aliphatic rings. The first-order valence-corrected chi connectivity index (χ1v) is 48.6. The monoisotopic (exact) mass is 1950 g/mol. The number of nitrogens with one attached hydrogen (secondary N) is 10. The van der Waals surface area contributed by atoms with Crippen molar-refractivity contribution in [2.24, 2.45) is 0 Å². The molecule has 0 radical (unpaired) electrons. The summed E-state index contributed by atoms with van der Waals surface area (Å²) >= 11 is 0. The average Bonchev–Trinajstić information content (AvgIpc) is 0.965. The van der Waals surface area contributed by atoms with Gasteiger partial charge < -0.3 is 186 Å². The van der Waals surface area contributed by atoms with Gasteiger partial charge in [-0.15, -0.1) is 5.10 Å². The number of nitrogens with zero attached hydrogens (tertiary/aromatic N) is 3. The number of carbonyl (C=O) groups excluding carboxylic acids is 12. The van der Waals surface area contributed by atoms with E-state index in [1.165, 1.54) is 13.8 Å². The summed E-state index contributed by atoms with van der Waals surface area (Å²) in [7, 11) is -22.0. The maximum absolute atomic E-state index is 13.6.